The van der Waals surface area contributed by atoms with Crippen molar-refractivity contribution in [1.29, 1.82) is 0 Å². The van der Waals surface area contributed by atoms with Gasteiger partial charge >= 0.3 is 6.09 Å². The van der Waals surface area contributed by atoms with Crippen molar-refractivity contribution >= 4 is 34.2 Å². The molecule has 3 aromatic carbocycles. The zero-order valence-electron chi connectivity index (χ0n) is 16.8. The third-order valence-corrected chi connectivity index (χ3v) is 4.32. The number of ether oxygens (including phenoxy) is 2. The van der Waals surface area contributed by atoms with Gasteiger partial charge in [0, 0.05) is 11.4 Å². The average molecular weight is 405 g/mol. The molecule has 0 heterocycles. The molecule has 154 valence electrons. The second-order valence-electron chi connectivity index (χ2n) is 6.67. The number of nitrogens with one attached hydrogen (secondary N) is 2. The summed E-state index contributed by atoms with van der Waals surface area (Å²) in [5.41, 5.74) is 4.27. The highest BCUT2D eigenvalue weighted by Gasteiger charge is 2.07. The number of hydrogen-bond donors (Lipinski definition) is 2. The second kappa shape index (κ2) is 10.1. The van der Waals surface area contributed by atoms with Crippen LogP contribution in [0.5, 0.6) is 5.75 Å². The third-order valence-electron chi connectivity index (χ3n) is 4.32. The zero-order valence-corrected chi connectivity index (χ0v) is 16.8. The zero-order chi connectivity index (χ0) is 21.3. The molecule has 0 radical (unpaired) electrons. The fourth-order valence-corrected chi connectivity index (χ4v) is 2.79. The predicted octanol–water partition coefficient (Wildman–Crippen LogP) is 4.48. The number of hydrazone groups is 1. The van der Waals surface area contributed by atoms with Gasteiger partial charge in [-0.2, -0.15) is 5.10 Å². The van der Waals surface area contributed by atoms with Crippen LogP contribution in [0.3, 0.4) is 0 Å². The van der Waals surface area contributed by atoms with E-state index in [1.165, 1.54) is 0 Å². The minimum absolute atomic E-state index is 0.0472. The van der Waals surface area contributed by atoms with Crippen LogP contribution in [-0.2, 0) is 16.1 Å². The Morgan fingerprint density at radius 3 is 2.43 bits per heavy atom. The highest BCUT2D eigenvalue weighted by atomic mass is 16.6. The van der Waals surface area contributed by atoms with Gasteiger partial charge in [0.2, 0.25) is 5.91 Å². The lowest BCUT2D eigenvalue weighted by Crippen LogP contribution is -2.22. The first-order valence-electron chi connectivity index (χ1n) is 9.41. The van der Waals surface area contributed by atoms with Crippen molar-refractivity contribution in [3.8, 4) is 5.75 Å². The van der Waals surface area contributed by atoms with Crippen LogP contribution < -0.4 is 15.5 Å². The first kappa shape index (κ1) is 20.9. The summed E-state index contributed by atoms with van der Waals surface area (Å²) in [6, 6.07) is 20.8. The van der Waals surface area contributed by atoms with Crippen LogP contribution in [0, 0.1) is 0 Å². The largest absolute Gasteiger partial charge is 0.497 e. The van der Waals surface area contributed by atoms with E-state index in [1.807, 2.05) is 42.5 Å². The number of fused-ring (bicyclic) bond motifs is 1. The van der Waals surface area contributed by atoms with Gasteiger partial charge in [-0.25, -0.2) is 10.2 Å². The molecule has 0 atom stereocenters. The smallest absolute Gasteiger partial charge is 0.428 e. The Balaban J connectivity index is 1.44. The Bertz CT molecular complexity index is 1060. The van der Waals surface area contributed by atoms with Gasteiger partial charge < -0.3 is 14.8 Å². The number of amides is 2. The van der Waals surface area contributed by atoms with E-state index in [0.717, 1.165) is 22.1 Å². The van der Waals surface area contributed by atoms with Gasteiger partial charge in [0.05, 0.1) is 13.5 Å². The van der Waals surface area contributed by atoms with Crippen LogP contribution in [0.25, 0.3) is 10.8 Å². The number of carbonyl (C=O) groups excluding carboxylic acids is 2. The SMILES string of the molecule is COc1ccc(COC(=O)N/N=C(\C)CC(=O)Nc2ccc3ccccc3c2)cc1. The molecule has 3 aromatic rings. The van der Waals surface area contributed by atoms with E-state index in [0.29, 0.717) is 11.4 Å². The molecule has 0 aromatic heterocycles. The minimum atomic E-state index is -0.694. The maximum absolute atomic E-state index is 12.2. The van der Waals surface area contributed by atoms with Gasteiger partial charge in [0.1, 0.15) is 12.4 Å². The fraction of sp³-hybridized carbons (Fsp3) is 0.174. The number of benzene rings is 3. The van der Waals surface area contributed by atoms with Crippen molar-refractivity contribution in [1.82, 2.24) is 5.43 Å². The van der Waals surface area contributed by atoms with Crippen LogP contribution in [0.4, 0.5) is 10.5 Å². The quantitative estimate of drug-likeness (QED) is 0.448. The number of rotatable bonds is 7. The first-order chi connectivity index (χ1) is 14.5. The van der Waals surface area contributed by atoms with E-state index in [4.69, 9.17) is 9.47 Å². The van der Waals surface area contributed by atoms with Gasteiger partial charge in [0.15, 0.2) is 0 Å². The summed E-state index contributed by atoms with van der Waals surface area (Å²) < 4.78 is 10.2. The van der Waals surface area contributed by atoms with E-state index in [-0.39, 0.29) is 18.9 Å². The summed E-state index contributed by atoms with van der Waals surface area (Å²) in [5, 5.41) is 8.89. The first-order valence-corrected chi connectivity index (χ1v) is 9.41. The van der Waals surface area contributed by atoms with Gasteiger partial charge in [-0.05, 0) is 47.5 Å². The number of anilines is 1. The molecule has 0 aliphatic carbocycles. The minimum Gasteiger partial charge on any atom is -0.497 e. The molecule has 7 heteroatoms. The summed E-state index contributed by atoms with van der Waals surface area (Å²) in [6.45, 7) is 1.76. The molecule has 0 aliphatic rings. The number of methoxy groups -OCH3 is 1. The molecule has 0 bridgehead atoms. The molecule has 0 saturated heterocycles. The molecule has 0 unspecified atom stereocenters. The highest BCUT2D eigenvalue weighted by molar-refractivity contribution is 6.06. The molecule has 3 rings (SSSR count). The van der Waals surface area contributed by atoms with Crippen LogP contribution >= 0.6 is 0 Å². The van der Waals surface area contributed by atoms with Gasteiger partial charge in [0.25, 0.3) is 0 Å². The van der Waals surface area contributed by atoms with Crippen molar-refractivity contribution in [3.63, 3.8) is 0 Å². The topological polar surface area (TPSA) is 89.0 Å². The average Bonchev–Trinajstić information content (AvgIpc) is 2.76. The van der Waals surface area contributed by atoms with E-state index in [2.05, 4.69) is 15.8 Å². The molecule has 0 spiro atoms. The Labute approximate surface area is 174 Å². The maximum Gasteiger partial charge on any atom is 0.428 e. The van der Waals surface area contributed by atoms with Crippen molar-refractivity contribution in [2.45, 2.75) is 20.0 Å². The van der Waals surface area contributed by atoms with Crippen LogP contribution in [0.15, 0.2) is 71.8 Å². The standard InChI is InChI=1S/C23H23N3O4/c1-16(25-26-23(28)30-15-17-7-11-21(29-2)12-8-17)13-22(27)24-20-10-9-18-5-3-4-6-19(18)14-20/h3-12,14H,13,15H2,1-2H3,(H,24,27)(H,26,28)/b25-16+. The molecule has 7 nitrogen and oxygen atoms in total. The van der Waals surface area contributed by atoms with Gasteiger partial charge in [-0.15, -0.1) is 0 Å². The Morgan fingerprint density at radius 2 is 1.70 bits per heavy atom. The predicted molar refractivity (Wildman–Crippen MR) is 117 cm³/mol. The number of nitrogens with zero attached hydrogens (tertiary/aromatic N) is 1. The summed E-state index contributed by atoms with van der Waals surface area (Å²) in [7, 11) is 1.58. The lowest BCUT2D eigenvalue weighted by Gasteiger charge is -2.07. The molecule has 2 N–H and O–H groups in total. The lowest BCUT2D eigenvalue weighted by molar-refractivity contribution is -0.115. The number of carbonyl (C=O) groups is 2. The van der Waals surface area contributed by atoms with Crippen molar-refractivity contribution in [2.24, 2.45) is 5.10 Å². The van der Waals surface area contributed by atoms with Crippen LogP contribution in [-0.4, -0.2) is 24.8 Å². The Kier molecular flexibility index (Phi) is 7.00. The molecule has 0 aliphatic heterocycles. The monoisotopic (exact) mass is 405 g/mol. The summed E-state index contributed by atoms with van der Waals surface area (Å²) in [5.74, 6) is 0.505. The van der Waals surface area contributed by atoms with E-state index >= 15 is 0 Å². The highest BCUT2D eigenvalue weighted by Crippen LogP contribution is 2.19. The van der Waals surface area contributed by atoms with Crippen LogP contribution in [0.1, 0.15) is 18.9 Å². The molecular formula is C23H23N3O4. The normalized spacial score (nSPS) is 11.1. The Hall–Kier alpha value is -3.87. The molecule has 30 heavy (non-hydrogen) atoms. The fourth-order valence-electron chi connectivity index (χ4n) is 2.79. The lowest BCUT2D eigenvalue weighted by atomic mass is 10.1. The molecule has 0 saturated carbocycles. The van der Waals surface area contributed by atoms with Crippen molar-refractivity contribution < 1.29 is 19.1 Å². The molecule has 0 fully saturated rings. The van der Waals surface area contributed by atoms with Gasteiger partial charge in [-0.1, -0.05) is 42.5 Å². The van der Waals surface area contributed by atoms with Crippen molar-refractivity contribution in [3.05, 3.63) is 72.3 Å². The van der Waals surface area contributed by atoms with Crippen LogP contribution in [0.2, 0.25) is 0 Å². The summed E-state index contributed by atoms with van der Waals surface area (Å²) in [4.78, 5) is 24.0. The molecular weight excluding hydrogens is 382 g/mol. The molecule has 2 amide bonds. The number of hydrogen-bond acceptors (Lipinski definition) is 5. The summed E-state index contributed by atoms with van der Waals surface area (Å²) in [6.07, 6.45) is -0.647. The third kappa shape index (κ3) is 6.07. The van der Waals surface area contributed by atoms with Crippen molar-refractivity contribution in [2.75, 3.05) is 12.4 Å². The van der Waals surface area contributed by atoms with E-state index in [9.17, 15) is 9.59 Å². The Morgan fingerprint density at radius 1 is 0.967 bits per heavy atom. The van der Waals surface area contributed by atoms with E-state index < -0.39 is 6.09 Å². The van der Waals surface area contributed by atoms with E-state index in [1.54, 1.807) is 38.3 Å². The maximum atomic E-state index is 12.2. The van der Waals surface area contributed by atoms with Gasteiger partial charge in [-0.3, -0.25) is 4.79 Å². The second-order valence-corrected chi connectivity index (χ2v) is 6.67. The summed E-state index contributed by atoms with van der Waals surface area (Å²) >= 11 is 0.